The molecule has 0 fully saturated rings. The highest BCUT2D eigenvalue weighted by Crippen LogP contribution is 2.31. The van der Waals surface area contributed by atoms with E-state index in [1.165, 1.54) is 30.6 Å². The van der Waals surface area contributed by atoms with Crippen LogP contribution in [-0.4, -0.2) is 12.1 Å². The number of thiazole rings is 1. The van der Waals surface area contributed by atoms with Gasteiger partial charge >= 0.3 is 0 Å². The van der Waals surface area contributed by atoms with Crippen molar-refractivity contribution in [3.8, 4) is 16.3 Å². The zero-order valence-electron chi connectivity index (χ0n) is 8.75. The van der Waals surface area contributed by atoms with Crippen molar-refractivity contribution >= 4 is 11.3 Å². The number of rotatable bonds is 2. The summed E-state index contributed by atoms with van der Waals surface area (Å²) in [5, 5.41) is 0.469. The fourth-order valence-corrected chi connectivity index (χ4v) is 2.12. The molecule has 0 N–H and O–H groups in total. The first-order valence-corrected chi connectivity index (χ1v) is 5.40. The minimum absolute atomic E-state index is 0.102. The smallest absolute Gasteiger partial charge is 0.201 e. The molecule has 5 heteroatoms. The van der Waals surface area contributed by atoms with Gasteiger partial charge in [-0.3, -0.25) is 0 Å². The van der Waals surface area contributed by atoms with Crippen LogP contribution in [0.15, 0.2) is 18.3 Å². The third kappa shape index (κ3) is 1.78. The SMILES string of the molecule is COc1ccc(-c2ncc(C)s2)c(F)c1F. The molecule has 0 saturated carbocycles. The van der Waals surface area contributed by atoms with E-state index in [0.29, 0.717) is 5.01 Å². The molecule has 0 radical (unpaired) electrons. The van der Waals surface area contributed by atoms with Gasteiger partial charge in [-0.2, -0.15) is 4.39 Å². The molecule has 1 heterocycles. The Balaban J connectivity index is 2.55. The van der Waals surface area contributed by atoms with E-state index in [2.05, 4.69) is 9.72 Å². The van der Waals surface area contributed by atoms with Crippen LogP contribution in [0, 0.1) is 18.6 Å². The van der Waals surface area contributed by atoms with E-state index >= 15 is 0 Å². The van der Waals surface area contributed by atoms with Crippen molar-refractivity contribution in [1.29, 1.82) is 0 Å². The molecule has 0 aliphatic carbocycles. The summed E-state index contributed by atoms with van der Waals surface area (Å²) in [6.45, 7) is 1.86. The standard InChI is InChI=1S/C11H9F2NOS/c1-6-5-14-11(16-6)7-3-4-8(15-2)10(13)9(7)12/h3-5H,1-2H3. The Morgan fingerprint density at radius 1 is 1.25 bits per heavy atom. The van der Waals surface area contributed by atoms with E-state index in [1.807, 2.05) is 6.92 Å². The van der Waals surface area contributed by atoms with Gasteiger partial charge in [-0.1, -0.05) is 0 Å². The van der Waals surface area contributed by atoms with Crippen molar-refractivity contribution in [2.75, 3.05) is 7.11 Å². The molecule has 84 valence electrons. The van der Waals surface area contributed by atoms with Crippen molar-refractivity contribution in [3.63, 3.8) is 0 Å². The Hall–Kier alpha value is -1.49. The predicted molar refractivity (Wildman–Crippen MR) is 58.8 cm³/mol. The van der Waals surface area contributed by atoms with Crippen LogP contribution in [-0.2, 0) is 0 Å². The Labute approximate surface area is 95.5 Å². The summed E-state index contributed by atoms with van der Waals surface area (Å²) in [5.41, 5.74) is 0.163. The number of hydrogen-bond acceptors (Lipinski definition) is 3. The number of hydrogen-bond donors (Lipinski definition) is 0. The molecular formula is C11H9F2NOS. The molecule has 0 aliphatic rings. The van der Waals surface area contributed by atoms with Crippen LogP contribution in [0.4, 0.5) is 8.78 Å². The van der Waals surface area contributed by atoms with Gasteiger partial charge in [0.1, 0.15) is 5.01 Å². The fraction of sp³-hybridized carbons (Fsp3) is 0.182. The number of halogens is 2. The summed E-state index contributed by atoms with van der Waals surface area (Å²) < 4.78 is 31.8. The quantitative estimate of drug-likeness (QED) is 0.803. The van der Waals surface area contributed by atoms with Crippen LogP contribution in [0.1, 0.15) is 4.88 Å². The van der Waals surface area contributed by atoms with Crippen molar-refractivity contribution in [2.24, 2.45) is 0 Å². The molecule has 0 spiro atoms. The number of nitrogens with zero attached hydrogens (tertiary/aromatic N) is 1. The van der Waals surface area contributed by atoms with E-state index in [1.54, 1.807) is 6.20 Å². The molecule has 0 bridgehead atoms. The summed E-state index contributed by atoms with van der Waals surface area (Å²) in [6.07, 6.45) is 1.63. The summed E-state index contributed by atoms with van der Waals surface area (Å²) in [5.74, 6) is -2.00. The maximum atomic E-state index is 13.7. The maximum absolute atomic E-state index is 13.7. The lowest BCUT2D eigenvalue weighted by atomic mass is 10.2. The van der Waals surface area contributed by atoms with Crippen molar-refractivity contribution in [3.05, 3.63) is 34.8 Å². The van der Waals surface area contributed by atoms with Gasteiger partial charge in [0.15, 0.2) is 11.6 Å². The zero-order valence-corrected chi connectivity index (χ0v) is 9.57. The lowest BCUT2D eigenvalue weighted by Crippen LogP contribution is -1.94. The summed E-state index contributed by atoms with van der Waals surface area (Å²) in [4.78, 5) is 4.96. The molecule has 0 atom stereocenters. The number of methoxy groups -OCH3 is 1. The molecule has 1 aromatic heterocycles. The maximum Gasteiger partial charge on any atom is 0.201 e. The highest BCUT2D eigenvalue weighted by atomic mass is 32.1. The highest BCUT2D eigenvalue weighted by molar-refractivity contribution is 7.14. The monoisotopic (exact) mass is 241 g/mol. The van der Waals surface area contributed by atoms with Gasteiger partial charge in [0, 0.05) is 16.6 Å². The minimum Gasteiger partial charge on any atom is -0.494 e. The molecule has 0 unspecified atom stereocenters. The van der Waals surface area contributed by atoms with E-state index in [0.717, 1.165) is 4.88 Å². The average Bonchev–Trinajstić information content (AvgIpc) is 2.69. The molecule has 0 saturated heterocycles. The molecule has 1 aromatic carbocycles. The summed E-state index contributed by atoms with van der Waals surface area (Å²) in [7, 11) is 1.30. The van der Waals surface area contributed by atoms with E-state index in [-0.39, 0.29) is 11.3 Å². The Kier molecular flexibility index (Phi) is 2.87. The number of aryl methyl sites for hydroxylation is 1. The van der Waals surface area contributed by atoms with Crippen LogP contribution in [0.2, 0.25) is 0 Å². The van der Waals surface area contributed by atoms with Crippen LogP contribution in [0.3, 0.4) is 0 Å². The molecule has 16 heavy (non-hydrogen) atoms. The second kappa shape index (κ2) is 4.17. The van der Waals surface area contributed by atoms with Gasteiger partial charge in [-0.25, -0.2) is 9.37 Å². The molecule has 0 aliphatic heterocycles. The molecule has 2 aromatic rings. The second-order valence-electron chi connectivity index (χ2n) is 3.22. The Morgan fingerprint density at radius 3 is 2.56 bits per heavy atom. The normalized spacial score (nSPS) is 10.5. The predicted octanol–water partition coefficient (Wildman–Crippen LogP) is 3.41. The van der Waals surface area contributed by atoms with Gasteiger partial charge < -0.3 is 4.74 Å². The van der Waals surface area contributed by atoms with Gasteiger partial charge in [-0.15, -0.1) is 11.3 Å². The topological polar surface area (TPSA) is 22.1 Å². The number of ether oxygens (including phenoxy) is 1. The van der Waals surface area contributed by atoms with Crippen molar-refractivity contribution < 1.29 is 13.5 Å². The van der Waals surface area contributed by atoms with Gasteiger partial charge in [-0.05, 0) is 19.1 Å². The van der Waals surface area contributed by atoms with Crippen LogP contribution in [0.25, 0.3) is 10.6 Å². The first-order valence-electron chi connectivity index (χ1n) is 4.58. The summed E-state index contributed by atoms with van der Waals surface area (Å²) >= 11 is 1.32. The lowest BCUT2D eigenvalue weighted by molar-refractivity contribution is 0.372. The lowest BCUT2D eigenvalue weighted by Gasteiger charge is -2.05. The summed E-state index contributed by atoms with van der Waals surface area (Å²) in [6, 6.07) is 2.86. The second-order valence-corrected chi connectivity index (χ2v) is 4.45. The van der Waals surface area contributed by atoms with Crippen molar-refractivity contribution in [1.82, 2.24) is 4.98 Å². The highest BCUT2D eigenvalue weighted by Gasteiger charge is 2.16. The van der Waals surface area contributed by atoms with Gasteiger partial charge in [0.25, 0.3) is 0 Å². The van der Waals surface area contributed by atoms with Crippen LogP contribution < -0.4 is 4.74 Å². The van der Waals surface area contributed by atoms with Crippen molar-refractivity contribution in [2.45, 2.75) is 6.92 Å². The zero-order chi connectivity index (χ0) is 11.7. The largest absolute Gasteiger partial charge is 0.494 e. The molecule has 0 amide bonds. The number of aromatic nitrogens is 1. The fourth-order valence-electron chi connectivity index (χ4n) is 1.33. The molecular weight excluding hydrogens is 232 g/mol. The number of benzene rings is 1. The Bertz CT molecular complexity index is 525. The van der Waals surface area contributed by atoms with E-state index in [9.17, 15) is 8.78 Å². The van der Waals surface area contributed by atoms with Crippen LogP contribution in [0.5, 0.6) is 5.75 Å². The van der Waals surface area contributed by atoms with E-state index in [4.69, 9.17) is 0 Å². The van der Waals surface area contributed by atoms with E-state index < -0.39 is 11.6 Å². The minimum atomic E-state index is -0.979. The molecule has 2 rings (SSSR count). The molecule has 2 nitrogen and oxygen atoms in total. The average molecular weight is 241 g/mol. The third-order valence-corrected chi connectivity index (χ3v) is 3.06. The van der Waals surface area contributed by atoms with Gasteiger partial charge in [0.05, 0.1) is 7.11 Å². The van der Waals surface area contributed by atoms with Gasteiger partial charge in [0.2, 0.25) is 5.82 Å². The van der Waals surface area contributed by atoms with Crippen LogP contribution >= 0.6 is 11.3 Å². The Morgan fingerprint density at radius 2 is 2.00 bits per heavy atom. The third-order valence-electron chi connectivity index (χ3n) is 2.12. The first kappa shape index (κ1) is 11.0. The first-order chi connectivity index (χ1) is 7.63.